The first-order valence-electron chi connectivity index (χ1n) is 6.44. The van der Waals surface area contributed by atoms with Gasteiger partial charge in [0.25, 0.3) is 0 Å². The van der Waals surface area contributed by atoms with E-state index < -0.39 is 10.0 Å². The molecule has 0 atom stereocenters. The van der Waals surface area contributed by atoms with Gasteiger partial charge in [0.05, 0.1) is 17.0 Å². The van der Waals surface area contributed by atoms with Crippen LogP contribution in [0.4, 0.5) is 5.69 Å². The van der Waals surface area contributed by atoms with Crippen LogP contribution in [-0.4, -0.2) is 32.7 Å². The predicted molar refractivity (Wildman–Crippen MR) is 74.6 cm³/mol. The molecule has 0 radical (unpaired) electrons. The lowest BCUT2D eigenvalue weighted by Gasteiger charge is -2.29. The molecule has 1 aliphatic carbocycles. The topological polar surface area (TPSA) is 78.4 Å². The largest absolute Gasteiger partial charge is 0.394 e. The summed E-state index contributed by atoms with van der Waals surface area (Å²) in [6, 6.07) is 6.60. The monoisotopic (exact) mass is 284 g/mol. The molecule has 0 aromatic heterocycles. The van der Waals surface area contributed by atoms with E-state index in [1.807, 2.05) is 0 Å². The van der Waals surface area contributed by atoms with E-state index in [9.17, 15) is 13.5 Å². The normalized spacial score (nSPS) is 18.4. The van der Waals surface area contributed by atoms with Gasteiger partial charge in [-0.25, -0.2) is 13.1 Å². The van der Waals surface area contributed by atoms with Crippen LogP contribution in [0.3, 0.4) is 0 Å². The minimum atomic E-state index is -3.39. The van der Waals surface area contributed by atoms with Crippen LogP contribution in [0.5, 0.6) is 0 Å². The molecular formula is C13H20N2O3S. The maximum Gasteiger partial charge on any atom is 0.240 e. The number of hydrogen-bond acceptors (Lipinski definition) is 4. The van der Waals surface area contributed by atoms with E-state index in [4.69, 9.17) is 0 Å². The molecule has 1 aromatic carbocycles. The molecule has 3 N–H and O–H groups in total. The molecule has 0 heterocycles. The van der Waals surface area contributed by atoms with E-state index in [-0.39, 0.29) is 17.0 Å². The van der Waals surface area contributed by atoms with Gasteiger partial charge in [0.2, 0.25) is 10.0 Å². The number of anilines is 1. The first-order chi connectivity index (χ1) is 9.01. The number of sulfonamides is 1. The highest BCUT2D eigenvalue weighted by atomic mass is 32.2. The standard InChI is InChI=1S/C13H20N2O3S/c1-14-19(17,18)12-6-4-11(5-7-12)15-13(10-16)8-2-3-9-13/h4-7,14-16H,2-3,8-10H2,1H3. The summed E-state index contributed by atoms with van der Waals surface area (Å²) in [5.74, 6) is 0. The zero-order chi connectivity index (χ0) is 13.9. The van der Waals surface area contributed by atoms with Crippen molar-refractivity contribution in [2.45, 2.75) is 36.1 Å². The Kier molecular flexibility index (Phi) is 4.13. The van der Waals surface area contributed by atoms with Crippen molar-refractivity contribution in [2.24, 2.45) is 0 Å². The van der Waals surface area contributed by atoms with Crippen molar-refractivity contribution in [3.63, 3.8) is 0 Å². The highest BCUT2D eigenvalue weighted by Crippen LogP contribution is 2.32. The summed E-state index contributed by atoms with van der Waals surface area (Å²) in [5.41, 5.74) is 0.592. The minimum absolute atomic E-state index is 0.101. The maximum absolute atomic E-state index is 11.6. The highest BCUT2D eigenvalue weighted by molar-refractivity contribution is 7.89. The minimum Gasteiger partial charge on any atom is -0.394 e. The van der Waals surface area contributed by atoms with Crippen molar-refractivity contribution in [2.75, 3.05) is 19.0 Å². The SMILES string of the molecule is CNS(=O)(=O)c1ccc(NC2(CO)CCCC2)cc1. The van der Waals surface area contributed by atoms with Crippen molar-refractivity contribution in [3.05, 3.63) is 24.3 Å². The molecule has 0 bridgehead atoms. The molecule has 1 fully saturated rings. The van der Waals surface area contributed by atoms with E-state index in [0.717, 1.165) is 31.4 Å². The van der Waals surface area contributed by atoms with Gasteiger partial charge in [-0.2, -0.15) is 0 Å². The molecule has 1 saturated carbocycles. The van der Waals surface area contributed by atoms with Crippen LogP contribution >= 0.6 is 0 Å². The molecule has 1 aromatic rings. The number of rotatable bonds is 5. The van der Waals surface area contributed by atoms with Crippen molar-refractivity contribution < 1.29 is 13.5 Å². The number of hydrogen-bond donors (Lipinski definition) is 3. The van der Waals surface area contributed by atoms with Crippen LogP contribution in [0.1, 0.15) is 25.7 Å². The summed E-state index contributed by atoms with van der Waals surface area (Å²) >= 11 is 0. The Labute approximate surface area is 114 Å². The Hall–Kier alpha value is -1.11. The van der Waals surface area contributed by atoms with Crippen LogP contribution in [0.25, 0.3) is 0 Å². The zero-order valence-electron chi connectivity index (χ0n) is 11.0. The average Bonchev–Trinajstić information content (AvgIpc) is 2.88. The van der Waals surface area contributed by atoms with Crippen molar-refractivity contribution in [1.82, 2.24) is 4.72 Å². The number of benzene rings is 1. The van der Waals surface area contributed by atoms with E-state index in [1.165, 1.54) is 7.05 Å². The second kappa shape index (κ2) is 5.48. The van der Waals surface area contributed by atoms with Crippen molar-refractivity contribution >= 4 is 15.7 Å². The highest BCUT2D eigenvalue weighted by Gasteiger charge is 2.32. The molecular weight excluding hydrogens is 264 g/mol. The molecule has 19 heavy (non-hydrogen) atoms. The van der Waals surface area contributed by atoms with Gasteiger partial charge in [-0.3, -0.25) is 0 Å². The lowest BCUT2D eigenvalue weighted by Crippen LogP contribution is -2.38. The summed E-state index contributed by atoms with van der Waals surface area (Å²) < 4.78 is 25.5. The summed E-state index contributed by atoms with van der Waals surface area (Å²) in [7, 11) is -2.00. The third-order valence-corrected chi connectivity index (χ3v) is 5.14. The van der Waals surface area contributed by atoms with Gasteiger partial charge in [0.15, 0.2) is 0 Å². The molecule has 0 amide bonds. The molecule has 0 spiro atoms. The predicted octanol–water partition coefficient (Wildman–Crippen LogP) is 1.31. The first-order valence-corrected chi connectivity index (χ1v) is 7.92. The molecule has 6 heteroatoms. The summed E-state index contributed by atoms with van der Waals surface area (Å²) in [5, 5.41) is 12.9. The van der Waals surface area contributed by atoms with Gasteiger partial charge in [-0.1, -0.05) is 12.8 Å². The number of aliphatic hydroxyl groups is 1. The average molecular weight is 284 g/mol. The van der Waals surface area contributed by atoms with E-state index in [2.05, 4.69) is 10.0 Å². The quantitative estimate of drug-likeness (QED) is 0.762. The van der Waals surface area contributed by atoms with Crippen LogP contribution in [-0.2, 0) is 10.0 Å². The number of nitrogens with one attached hydrogen (secondary N) is 2. The van der Waals surface area contributed by atoms with Gasteiger partial charge in [-0.05, 0) is 44.2 Å². The molecule has 0 saturated heterocycles. The molecule has 2 rings (SSSR count). The van der Waals surface area contributed by atoms with Gasteiger partial charge in [0.1, 0.15) is 0 Å². The van der Waals surface area contributed by atoms with Gasteiger partial charge < -0.3 is 10.4 Å². The van der Waals surface area contributed by atoms with E-state index in [0.29, 0.717) is 0 Å². The van der Waals surface area contributed by atoms with E-state index in [1.54, 1.807) is 24.3 Å². The Balaban J connectivity index is 2.15. The molecule has 106 valence electrons. The van der Waals surface area contributed by atoms with Crippen LogP contribution in [0.2, 0.25) is 0 Å². The van der Waals surface area contributed by atoms with E-state index >= 15 is 0 Å². The second-order valence-electron chi connectivity index (χ2n) is 5.00. The van der Waals surface area contributed by atoms with Crippen molar-refractivity contribution in [1.29, 1.82) is 0 Å². The fraction of sp³-hybridized carbons (Fsp3) is 0.538. The summed E-state index contributed by atoms with van der Waals surface area (Å²) in [6.07, 6.45) is 4.11. The molecule has 0 unspecified atom stereocenters. The first kappa shape index (κ1) is 14.3. The van der Waals surface area contributed by atoms with Crippen molar-refractivity contribution in [3.8, 4) is 0 Å². The Morgan fingerprint density at radius 3 is 2.26 bits per heavy atom. The smallest absolute Gasteiger partial charge is 0.240 e. The Morgan fingerprint density at radius 2 is 1.79 bits per heavy atom. The molecule has 1 aliphatic rings. The number of aliphatic hydroxyl groups excluding tert-OH is 1. The third-order valence-electron chi connectivity index (χ3n) is 3.71. The maximum atomic E-state index is 11.6. The Bertz CT molecular complexity index is 519. The second-order valence-corrected chi connectivity index (χ2v) is 6.89. The lowest BCUT2D eigenvalue weighted by molar-refractivity contribution is 0.214. The fourth-order valence-corrected chi connectivity index (χ4v) is 3.25. The fourth-order valence-electron chi connectivity index (χ4n) is 2.52. The molecule has 5 nitrogen and oxygen atoms in total. The van der Waals surface area contributed by atoms with Gasteiger partial charge in [0, 0.05) is 5.69 Å². The Morgan fingerprint density at radius 1 is 1.21 bits per heavy atom. The third kappa shape index (κ3) is 3.08. The van der Waals surface area contributed by atoms with Gasteiger partial charge >= 0.3 is 0 Å². The molecule has 0 aliphatic heterocycles. The zero-order valence-corrected chi connectivity index (χ0v) is 11.8. The van der Waals surface area contributed by atoms with Crippen LogP contribution in [0, 0.1) is 0 Å². The van der Waals surface area contributed by atoms with Crippen LogP contribution < -0.4 is 10.0 Å². The van der Waals surface area contributed by atoms with Gasteiger partial charge in [-0.15, -0.1) is 0 Å². The van der Waals surface area contributed by atoms with Crippen LogP contribution in [0.15, 0.2) is 29.2 Å². The summed E-state index contributed by atoms with van der Waals surface area (Å²) in [4.78, 5) is 0.241. The lowest BCUT2D eigenvalue weighted by atomic mass is 9.98. The summed E-state index contributed by atoms with van der Waals surface area (Å²) in [6.45, 7) is 0.101.